The monoisotopic (exact) mass is 234 g/mol. The standard InChI is InChI=1S/C10H7BrN2/c11-9-5-2-1-4-8(9)10-12-6-3-7-13-10/h1-7H. The van der Waals surface area contributed by atoms with Gasteiger partial charge in [0.1, 0.15) is 0 Å². The Kier molecular flexibility index (Phi) is 2.36. The third-order valence-corrected chi connectivity index (χ3v) is 2.37. The number of rotatable bonds is 1. The average molecular weight is 235 g/mol. The van der Waals surface area contributed by atoms with E-state index in [0.29, 0.717) is 0 Å². The largest absolute Gasteiger partial charge is 0.237 e. The van der Waals surface area contributed by atoms with Crippen molar-refractivity contribution in [2.75, 3.05) is 0 Å². The summed E-state index contributed by atoms with van der Waals surface area (Å²) in [6.45, 7) is 0. The van der Waals surface area contributed by atoms with Gasteiger partial charge < -0.3 is 0 Å². The van der Waals surface area contributed by atoms with Crippen LogP contribution in [0.2, 0.25) is 0 Å². The molecule has 0 fully saturated rings. The number of hydrogen-bond donors (Lipinski definition) is 0. The van der Waals surface area contributed by atoms with Crippen LogP contribution >= 0.6 is 15.9 Å². The van der Waals surface area contributed by atoms with Gasteiger partial charge in [0.25, 0.3) is 0 Å². The molecule has 0 unspecified atom stereocenters. The predicted octanol–water partition coefficient (Wildman–Crippen LogP) is 2.91. The highest BCUT2D eigenvalue weighted by molar-refractivity contribution is 9.10. The molecule has 13 heavy (non-hydrogen) atoms. The summed E-state index contributed by atoms with van der Waals surface area (Å²) in [5.74, 6) is 0.745. The lowest BCUT2D eigenvalue weighted by Crippen LogP contribution is -1.86. The zero-order valence-electron chi connectivity index (χ0n) is 6.81. The topological polar surface area (TPSA) is 25.8 Å². The van der Waals surface area contributed by atoms with Gasteiger partial charge in [-0.3, -0.25) is 0 Å². The van der Waals surface area contributed by atoms with Gasteiger partial charge in [0, 0.05) is 22.4 Å². The summed E-state index contributed by atoms with van der Waals surface area (Å²) < 4.78 is 1.02. The quantitative estimate of drug-likeness (QED) is 0.759. The van der Waals surface area contributed by atoms with Crippen LogP contribution in [0.3, 0.4) is 0 Å². The molecule has 0 N–H and O–H groups in total. The van der Waals surface area contributed by atoms with Crippen molar-refractivity contribution in [1.29, 1.82) is 0 Å². The maximum atomic E-state index is 4.17. The Balaban J connectivity index is 2.54. The second kappa shape index (κ2) is 3.66. The van der Waals surface area contributed by atoms with E-state index in [-0.39, 0.29) is 0 Å². The number of benzene rings is 1. The fourth-order valence-corrected chi connectivity index (χ4v) is 1.54. The molecule has 2 nitrogen and oxygen atoms in total. The molecule has 0 radical (unpaired) electrons. The summed E-state index contributed by atoms with van der Waals surface area (Å²) in [6.07, 6.45) is 3.48. The highest BCUT2D eigenvalue weighted by atomic mass is 79.9. The van der Waals surface area contributed by atoms with Crippen molar-refractivity contribution in [3.63, 3.8) is 0 Å². The molecule has 1 heterocycles. The Morgan fingerprint density at radius 3 is 2.31 bits per heavy atom. The van der Waals surface area contributed by atoms with Crippen LogP contribution < -0.4 is 0 Å². The Hall–Kier alpha value is -1.22. The fourth-order valence-electron chi connectivity index (χ4n) is 1.08. The molecular formula is C10H7BrN2. The van der Waals surface area contributed by atoms with E-state index in [1.54, 1.807) is 18.5 Å². The summed E-state index contributed by atoms with van der Waals surface area (Å²) in [7, 11) is 0. The number of halogens is 1. The van der Waals surface area contributed by atoms with Crippen LogP contribution in [0.25, 0.3) is 11.4 Å². The predicted molar refractivity (Wildman–Crippen MR) is 55.2 cm³/mol. The molecule has 0 aliphatic rings. The molecule has 1 aromatic heterocycles. The summed E-state index contributed by atoms with van der Waals surface area (Å²) >= 11 is 3.45. The molecule has 0 amide bonds. The minimum absolute atomic E-state index is 0.745. The number of hydrogen-bond acceptors (Lipinski definition) is 2. The second-order valence-corrected chi connectivity index (χ2v) is 3.41. The third-order valence-electron chi connectivity index (χ3n) is 1.68. The molecule has 0 bridgehead atoms. The Morgan fingerprint density at radius 2 is 1.62 bits per heavy atom. The number of aromatic nitrogens is 2. The summed E-state index contributed by atoms with van der Waals surface area (Å²) in [5.41, 5.74) is 1.02. The number of nitrogens with zero attached hydrogens (tertiary/aromatic N) is 2. The first-order valence-electron chi connectivity index (χ1n) is 3.90. The molecule has 0 atom stereocenters. The Bertz CT molecular complexity index is 401. The van der Waals surface area contributed by atoms with Gasteiger partial charge in [-0.15, -0.1) is 0 Å². The fraction of sp³-hybridized carbons (Fsp3) is 0. The van der Waals surface area contributed by atoms with Crippen LogP contribution in [-0.2, 0) is 0 Å². The smallest absolute Gasteiger partial charge is 0.160 e. The SMILES string of the molecule is Brc1ccccc1-c1ncccn1. The molecule has 2 rings (SSSR count). The highest BCUT2D eigenvalue weighted by Crippen LogP contribution is 2.23. The molecule has 3 heteroatoms. The van der Waals surface area contributed by atoms with E-state index in [2.05, 4.69) is 25.9 Å². The molecule has 64 valence electrons. The van der Waals surface area contributed by atoms with Crippen molar-refractivity contribution in [2.45, 2.75) is 0 Å². The van der Waals surface area contributed by atoms with Crippen LogP contribution in [-0.4, -0.2) is 9.97 Å². The first-order valence-corrected chi connectivity index (χ1v) is 4.69. The lowest BCUT2D eigenvalue weighted by atomic mass is 10.2. The summed E-state index contributed by atoms with van der Waals surface area (Å²) in [6, 6.07) is 9.71. The molecule has 0 aliphatic carbocycles. The van der Waals surface area contributed by atoms with Crippen molar-refractivity contribution in [3.05, 3.63) is 47.2 Å². The van der Waals surface area contributed by atoms with Gasteiger partial charge in [-0.1, -0.05) is 34.1 Å². The normalized spacial score (nSPS) is 9.92. The van der Waals surface area contributed by atoms with Gasteiger partial charge in [0.2, 0.25) is 0 Å². The van der Waals surface area contributed by atoms with Crippen LogP contribution in [0.5, 0.6) is 0 Å². The Labute approximate surface area is 84.8 Å². The van der Waals surface area contributed by atoms with E-state index >= 15 is 0 Å². The first kappa shape index (κ1) is 8.38. The lowest BCUT2D eigenvalue weighted by molar-refractivity contribution is 1.17. The molecule has 1 aromatic carbocycles. The van der Waals surface area contributed by atoms with Crippen LogP contribution in [0.1, 0.15) is 0 Å². The lowest BCUT2D eigenvalue weighted by Gasteiger charge is -2.00. The van der Waals surface area contributed by atoms with Gasteiger partial charge in [0.15, 0.2) is 5.82 Å². The summed E-state index contributed by atoms with van der Waals surface area (Å²) in [5, 5.41) is 0. The van der Waals surface area contributed by atoms with E-state index in [1.807, 2.05) is 24.3 Å². The van der Waals surface area contributed by atoms with Gasteiger partial charge in [-0.25, -0.2) is 9.97 Å². The van der Waals surface area contributed by atoms with E-state index in [1.165, 1.54) is 0 Å². The minimum atomic E-state index is 0.745. The van der Waals surface area contributed by atoms with Crippen LogP contribution in [0, 0.1) is 0 Å². The maximum absolute atomic E-state index is 4.17. The van der Waals surface area contributed by atoms with Crippen molar-refractivity contribution in [3.8, 4) is 11.4 Å². The van der Waals surface area contributed by atoms with Gasteiger partial charge in [-0.2, -0.15) is 0 Å². The summed E-state index contributed by atoms with van der Waals surface area (Å²) in [4.78, 5) is 8.34. The highest BCUT2D eigenvalue weighted by Gasteiger charge is 2.02. The molecular weight excluding hydrogens is 228 g/mol. The van der Waals surface area contributed by atoms with Gasteiger partial charge >= 0.3 is 0 Å². The van der Waals surface area contributed by atoms with Crippen molar-refractivity contribution >= 4 is 15.9 Å². The minimum Gasteiger partial charge on any atom is -0.237 e. The zero-order chi connectivity index (χ0) is 9.10. The molecule has 0 aliphatic heterocycles. The van der Waals surface area contributed by atoms with Crippen molar-refractivity contribution in [2.24, 2.45) is 0 Å². The van der Waals surface area contributed by atoms with E-state index < -0.39 is 0 Å². The van der Waals surface area contributed by atoms with Gasteiger partial charge in [0.05, 0.1) is 0 Å². The zero-order valence-corrected chi connectivity index (χ0v) is 8.40. The van der Waals surface area contributed by atoms with E-state index in [9.17, 15) is 0 Å². The first-order chi connectivity index (χ1) is 6.38. The molecule has 0 saturated heterocycles. The van der Waals surface area contributed by atoms with Crippen LogP contribution in [0.4, 0.5) is 0 Å². The molecule has 0 saturated carbocycles. The van der Waals surface area contributed by atoms with Crippen molar-refractivity contribution in [1.82, 2.24) is 9.97 Å². The van der Waals surface area contributed by atoms with Crippen molar-refractivity contribution < 1.29 is 0 Å². The van der Waals surface area contributed by atoms with E-state index in [0.717, 1.165) is 15.9 Å². The second-order valence-electron chi connectivity index (χ2n) is 2.55. The van der Waals surface area contributed by atoms with Crippen LogP contribution in [0.15, 0.2) is 47.2 Å². The van der Waals surface area contributed by atoms with E-state index in [4.69, 9.17) is 0 Å². The van der Waals surface area contributed by atoms with Gasteiger partial charge in [-0.05, 0) is 12.1 Å². The Morgan fingerprint density at radius 1 is 0.923 bits per heavy atom. The maximum Gasteiger partial charge on any atom is 0.160 e. The average Bonchev–Trinajstić information content (AvgIpc) is 2.20. The molecule has 2 aromatic rings. The molecule has 0 spiro atoms. The third kappa shape index (κ3) is 1.75.